The molecule has 0 aromatic carbocycles. The highest BCUT2D eigenvalue weighted by molar-refractivity contribution is 6.54. The summed E-state index contributed by atoms with van der Waals surface area (Å²) in [6.07, 6.45) is 0. The Bertz CT molecular complexity index is 306. The minimum Gasteiger partial charge on any atom is -0.334 e. The molecule has 18 heavy (non-hydrogen) atoms. The molecule has 0 aromatic heterocycles. The van der Waals surface area contributed by atoms with E-state index < -0.39 is 9.67 Å². The molecule has 0 aromatic rings. The molecular formula is C10H14Cl4N2O2. The molecule has 0 radical (unpaired) electrons. The molecule has 1 aliphatic heterocycles. The molecule has 2 atom stereocenters. The van der Waals surface area contributed by atoms with Crippen LogP contribution in [0.2, 0.25) is 0 Å². The first-order valence-corrected chi connectivity index (χ1v) is 7.17. The summed E-state index contributed by atoms with van der Waals surface area (Å²) in [5.41, 5.74) is 0. The number of alkyl halides is 4. The maximum atomic E-state index is 11.8. The normalized spacial score (nSPS) is 24.9. The number of hydrogen-bond acceptors (Lipinski definition) is 2. The van der Waals surface area contributed by atoms with E-state index in [-0.39, 0.29) is 23.9 Å². The smallest absolute Gasteiger partial charge is 0.256 e. The fourth-order valence-electron chi connectivity index (χ4n) is 1.99. The highest BCUT2D eigenvalue weighted by Crippen LogP contribution is 2.21. The number of nitrogens with zero attached hydrogens (tertiary/aromatic N) is 2. The average molecular weight is 336 g/mol. The number of halogens is 4. The van der Waals surface area contributed by atoms with Crippen LogP contribution in [0.15, 0.2) is 0 Å². The summed E-state index contributed by atoms with van der Waals surface area (Å²) >= 11 is 22.3. The standard InChI is InChI=1S/C10H14Cl4N2O2/c1-5-3-16(10(18)8(13)14)6(2)4-15(5)9(17)7(11)12/h5-8H,3-4H2,1-2H3/t5-,6-/m1/s1. The van der Waals surface area contributed by atoms with E-state index >= 15 is 0 Å². The van der Waals surface area contributed by atoms with Crippen LogP contribution in [0.3, 0.4) is 0 Å². The third-order valence-corrected chi connectivity index (χ3v) is 3.67. The summed E-state index contributed by atoms with van der Waals surface area (Å²) in [5.74, 6) is -0.698. The van der Waals surface area contributed by atoms with Crippen LogP contribution in [0.25, 0.3) is 0 Å². The molecule has 0 N–H and O–H groups in total. The van der Waals surface area contributed by atoms with Crippen molar-refractivity contribution >= 4 is 58.2 Å². The highest BCUT2D eigenvalue weighted by Gasteiger charge is 2.37. The minimum absolute atomic E-state index is 0.176. The Balaban J connectivity index is 2.76. The van der Waals surface area contributed by atoms with Crippen molar-refractivity contribution in [3.63, 3.8) is 0 Å². The van der Waals surface area contributed by atoms with E-state index in [2.05, 4.69) is 0 Å². The first-order valence-electron chi connectivity index (χ1n) is 5.43. The van der Waals surface area contributed by atoms with Crippen molar-refractivity contribution in [3.05, 3.63) is 0 Å². The number of hydrogen-bond donors (Lipinski definition) is 0. The fraction of sp³-hybridized carbons (Fsp3) is 0.800. The lowest BCUT2D eigenvalue weighted by Crippen LogP contribution is -2.61. The minimum atomic E-state index is -1.09. The maximum Gasteiger partial charge on any atom is 0.256 e. The topological polar surface area (TPSA) is 40.6 Å². The number of rotatable bonds is 2. The van der Waals surface area contributed by atoms with Crippen LogP contribution in [0.5, 0.6) is 0 Å². The SMILES string of the molecule is C[C@@H]1CN(C(=O)C(Cl)Cl)[C@H](C)CN1C(=O)C(Cl)Cl. The zero-order valence-electron chi connectivity index (χ0n) is 9.95. The van der Waals surface area contributed by atoms with Crippen LogP contribution in [0.1, 0.15) is 13.8 Å². The van der Waals surface area contributed by atoms with Crippen molar-refractivity contribution in [1.82, 2.24) is 9.80 Å². The Morgan fingerprint density at radius 2 is 1.17 bits per heavy atom. The lowest BCUT2D eigenvalue weighted by Gasteiger charge is -2.44. The van der Waals surface area contributed by atoms with Gasteiger partial charge in [-0.1, -0.05) is 46.4 Å². The summed E-state index contributed by atoms with van der Waals surface area (Å²) in [4.78, 5) is 24.5. The van der Waals surface area contributed by atoms with Gasteiger partial charge in [0.1, 0.15) is 0 Å². The van der Waals surface area contributed by atoms with Gasteiger partial charge in [-0.25, -0.2) is 0 Å². The fourth-order valence-corrected chi connectivity index (χ4v) is 2.49. The van der Waals surface area contributed by atoms with E-state index in [9.17, 15) is 9.59 Å². The van der Waals surface area contributed by atoms with Gasteiger partial charge in [0.15, 0.2) is 9.67 Å². The summed E-state index contributed by atoms with van der Waals surface area (Å²) in [6.45, 7) is 4.36. The maximum absolute atomic E-state index is 11.8. The first kappa shape index (κ1) is 16.2. The largest absolute Gasteiger partial charge is 0.334 e. The summed E-state index contributed by atoms with van der Waals surface area (Å²) in [5, 5.41) is 0. The van der Waals surface area contributed by atoms with Gasteiger partial charge in [0.05, 0.1) is 0 Å². The van der Waals surface area contributed by atoms with Crippen molar-refractivity contribution in [2.75, 3.05) is 13.1 Å². The summed E-state index contributed by atoms with van der Waals surface area (Å²) in [7, 11) is 0. The van der Waals surface area contributed by atoms with Crippen LogP contribution in [0.4, 0.5) is 0 Å². The second-order valence-corrected chi connectivity index (χ2v) is 6.47. The Hall–Kier alpha value is 0.1000. The van der Waals surface area contributed by atoms with Crippen molar-refractivity contribution < 1.29 is 9.59 Å². The number of amides is 2. The van der Waals surface area contributed by atoms with Gasteiger partial charge in [-0.05, 0) is 13.8 Å². The van der Waals surface area contributed by atoms with Crippen molar-refractivity contribution in [3.8, 4) is 0 Å². The van der Waals surface area contributed by atoms with Gasteiger partial charge in [0.25, 0.3) is 11.8 Å². The first-order chi connectivity index (χ1) is 8.25. The van der Waals surface area contributed by atoms with Crippen molar-refractivity contribution in [1.29, 1.82) is 0 Å². The van der Waals surface area contributed by atoms with Gasteiger partial charge < -0.3 is 9.80 Å². The van der Waals surface area contributed by atoms with Gasteiger partial charge in [0, 0.05) is 25.2 Å². The van der Waals surface area contributed by atoms with Crippen LogP contribution < -0.4 is 0 Å². The molecule has 0 spiro atoms. The molecule has 0 saturated carbocycles. The highest BCUT2D eigenvalue weighted by atomic mass is 35.5. The molecule has 1 saturated heterocycles. The molecular weight excluding hydrogens is 322 g/mol. The van der Waals surface area contributed by atoms with Crippen LogP contribution in [0, 0.1) is 0 Å². The van der Waals surface area contributed by atoms with E-state index in [1.807, 2.05) is 13.8 Å². The summed E-state index contributed by atoms with van der Waals surface area (Å²) in [6, 6.07) is -0.352. The Kier molecular flexibility index (Phi) is 5.84. The predicted molar refractivity (Wildman–Crippen MR) is 73.3 cm³/mol. The summed E-state index contributed by atoms with van der Waals surface area (Å²) < 4.78 is 0. The third-order valence-electron chi connectivity index (χ3n) is 2.93. The number of carbonyl (C=O) groups excluding carboxylic acids is 2. The lowest BCUT2D eigenvalue weighted by atomic mass is 10.1. The van der Waals surface area contributed by atoms with E-state index in [0.29, 0.717) is 13.1 Å². The molecule has 1 heterocycles. The Morgan fingerprint density at radius 1 is 0.889 bits per heavy atom. The van der Waals surface area contributed by atoms with Crippen molar-refractivity contribution in [2.24, 2.45) is 0 Å². The molecule has 4 nitrogen and oxygen atoms in total. The van der Waals surface area contributed by atoms with E-state index in [0.717, 1.165) is 0 Å². The van der Waals surface area contributed by atoms with Gasteiger partial charge in [-0.2, -0.15) is 0 Å². The molecule has 1 rings (SSSR count). The molecule has 104 valence electrons. The molecule has 0 aliphatic carbocycles. The zero-order valence-corrected chi connectivity index (χ0v) is 13.0. The Morgan fingerprint density at radius 3 is 1.39 bits per heavy atom. The quantitative estimate of drug-likeness (QED) is 0.724. The van der Waals surface area contributed by atoms with Gasteiger partial charge >= 0.3 is 0 Å². The molecule has 8 heteroatoms. The van der Waals surface area contributed by atoms with Gasteiger partial charge in [-0.3, -0.25) is 9.59 Å². The monoisotopic (exact) mass is 334 g/mol. The van der Waals surface area contributed by atoms with Crippen LogP contribution in [-0.4, -0.2) is 56.5 Å². The third kappa shape index (κ3) is 3.56. The van der Waals surface area contributed by atoms with E-state index in [1.165, 1.54) is 0 Å². The van der Waals surface area contributed by atoms with Crippen LogP contribution in [-0.2, 0) is 9.59 Å². The predicted octanol–water partition coefficient (Wildman–Crippen LogP) is 2.04. The van der Waals surface area contributed by atoms with Crippen molar-refractivity contribution in [2.45, 2.75) is 35.6 Å². The van der Waals surface area contributed by atoms with Crippen LogP contribution >= 0.6 is 46.4 Å². The number of carbonyl (C=O) groups is 2. The molecule has 1 fully saturated rings. The zero-order chi connectivity index (χ0) is 14.0. The molecule has 0 bridgehead atoms. The molecule has 1 aliphatic rings. The second kappa shape index (κ2) is 6.51. The molecule has 0 unspecified atom stereocenters. The van der Waals surface area contributed by atoms with Gasteiger partial charge in [-0.15, -0.1) is 0 Å². The average Bonchev–Trinajstić information content (AvgIpc) is 2.29. The Labute approximate surface area is 126 Å². The van der Waals surface area contributed by atoms with E-state index in [4.69, 9.17) is 46.4 Å². The van der Waals surface area contributed by atoms with E-state index in [1.54, 1.807) is 9.80 Å². The molecule has 2 amide bonds. The van der Waals surface area contributed by atoms with Gasteiger partial charge in [0.2, 0.25) is 0 Å². The number of piperazine rings is 1. The lowest BCUT2D eigenvalue weighted by molar-refractivity contribution is -0.143. The second-order valence-electron chi connectivity index (χ2n) is 4.28.